The number of nitrogens with one attached hydrogen (secondary N) is 1. The molecule has 1 saturated heterocycles. The molecule has 2 aromatic carbocycles. The van der Waals surface area contributed by atoms with Crippen molar-refractivity contribution < 1.29 is 19.4 Å². The van der Waals surface area contributed by atoms with Crippen LogP contribution in [-0.4, -0.2) is 61.6 Å². The van der Waals surface area contributed by atoms with E-state index in [1.54, 1.807) is 23.5 Å². The van der Waals surface area contributed by atoms with Gasteiger partial charge < -0.3 is 24.8 Å². The fraction of sp³-hybridized carbons (Fsp3) is 0.296. The van der Waals surface area contributed by atoms with Gasteiger partial charge in [0.1, 0.15) is 43.0 Å². The third kappa shape index (κ3) is 5.59. The molecule has 5 rings (SSSR count). The Hall–Kier alpha value is -4.31. The Balaban J connectivity index is 1.35. The summed E-state index contributed by atoms with van der Waals surface area (Å²) in [4.78, 5) is 31.0. The van der Waals surface area contributed by atoms with Crippen molar-refractivity contribution in [2.45, 2.75) is 31.9 Å². The molecule has 10 heteroatoms. The van der Waals surface area contributed by atoms with Crippen LogP contribution in [0.5, 0.6) is 11.5 Å². The van der Waals surface area contributed by atoms with E-state index in [4.69, 9.17) is 9.47 Å². The van der Waals surface area contributed by atoms with Gasteiger partial charge in [0.2, 0.25) is 5.91 Å². The van der Waals surface area contributed by atoms with Crippen molar-refractivity contribution in [3.8, 4) is 11.5 Å². The van der Waals surface area contributed by atoms with E-state index >= 15 is 0 Å². The zero-order valence-corrected chi connectivity index (χ0v) is 20.4. The largest absolute Gasteiger partial charge is 0.491 e. The van der Waals surface area contributed by atoms with Crippen LogP contribution in [-0.2, 0) is 4.79 Å². The minimum absolute atomic E-state index is 0.0823. The van der Waals surface area contributed by atoms with E-state index in [-0.39, 0.29) is 18.1 Å². The molecule has 10 nitrogen and oxygen atoms in total. The molecule has 1 aliphatic heterocycles. The highest BCUT2D eigenvalue weighted by Crippen LogP contribution is 2.33. The lowest BCUT2D eigenvalue weighted by Gasteiger charge is -2.24. The highest BCUT2D eigenvalue weighted by Gasteiger charge is 2.29. The number of nitrogens with zero attached hydrogens (tertiary/aromatic N) is 5. The number of rotatable bonds is 9. The van der Waals surface area contributed by atoms with Crippen LogP contribution in [0.2, 0.25) is 0 Å². The molecule has 0 spiro atoms. The first-order chi connectivity index (χ1) is 18.1. The lowest BCUT2D eigenvalue weighted by atomic mass is 10.2. The van der Waals surface area contributed by atoms with E-state index in [9.17, 15) is 9.90 Å². The molecule has 1 unspecified atom stereocenters. The van der Waals surface area contributed by atoms with Crippen LogP contribution in [0.3, 0.4) is 0 Å². The summed E-state index contributed by atoms with van der Waals surface area (Å²) in [5, 5.41) is 13.4. The second-order valence-corrected chi connectivity index (χ2v) is 8.77. The van der Waals surface area contributed by atoms with E-state index in [1.807, 2.05) is 49.4 Å². The second-order valence-electron chi connectivity index (χ2n) is 8.77. The quantitative estimate of drug-likeness (QED) is 0.354. The van der Waals surface area contributed by atoms with Gasteiger partial charge in [-0.3, -0.25) is 14.8 Å². The Morgan fingerprint density at radius 1 is 1.19 bits per heavy atom. The van der Waals surface area contributed by atoms with E-state index in [2.05, 4.69) is 25.3 Å². The van der Waals surface area contributed by atoms with Crippen LogP contribution in [0.1, 0.15) is 31.6 Å². The van der Waals surface area contributed by atoms with Crippen LogP contribution in [0, 0.1) is 0 Å². The Kier molecular flexibility index (Phi) is 7.36. The van der Waals surface area contributed by atoms with Gasteiger partial charge in [-0.05, 0) is 44.0 Å². The highest BCUT2D eigenvalue weighted by atomic mass is 16.5. The zero-order chi connectivity index (χ0) is 25.6. The van der Waals surface area contributed by atoms with Crippen molar-refractivity contribution in [2.24, 2.45) is 0 Å². The maximum Gasteiger partial charge on any atom is 0.248 e. The summed E-state index contributed by atoms with van der Waals surface area (Å²) in [6.45, 7) is 2.38. The first kappa shape index (κ1) is 24.4. The minimum Gasteiger partial charge on any atom is -0.491 e. The van der Waals surface area contributed by atoms with Crippen LogP contribution in [0.4, 0.5) is 11.5 Å². The molecule has 1 amide bonds. The normalized spacial score (nSPS) is 15.9. The number of amides is 1. The van der Waals surface area contributed by atoms with Gasteiger partial charge in [-0.2, -0.15) is 0 Å². The van der Waals surface area contributed by atoms with Crippen LogP contribution in [0.25, 0.3) is 10.9 Å². The maximum atomic E-state index is 12.1. The Morgan fingerprint density at radius 3 is 2.92 bits per heavy atom. The van der Waals surface area contributed by atoms with Gasteiger partial charge >= 0.3 is 0 Å². The first-order valence-electron chi connectivity index (χ1n) is 12.2. The van der Waals surface area contributed by atoms with E-state index in [1.165, 1.54) is 6.33 Å². The van der Waals surface area contributed by atoms with Gasteiger partial charge in [0, 0.05) is 30.7 Å². The molecule has 4 aromatic rings. The summed E-state index contributed by atoms with van der Waals surface area (Å²) in [7, 11) is 0. The third-order valence-corrected chi connectivity index (χ3v) is 6.30. The monoisotopic (exact) mass is 500 g/mol. The number of ether oxygens (including phenoxy) is 2. The molecular formula is C27H28N6O4. The third-order valence-electron chi connectivity index (χ3n) is 6.30. The summed E-state index contributed by atoms with van der Waals surface area (Å²) in [6.07, 6.45) is 7.91. The predicted molar refractivity (Wildman–Crippen MR) is 138 cm³/mol. The van der Waals surface area contributed by atoms with Gasteiger partial charge in [-0.15, -0.1) is 0 Å². The molecule has 2 aromatic heterocycles. The molecule has 37 heavy (non-hydrogen) atoms. The Bertz CT molecular complexity index is 1360. The molecule has 0 aliphatic carbocycles. The standard InChI is InChI=1S/C27H28N6O4/c1-18(23-14-28-10-11-29-23)37-21-7-2-5-19(13-21)32-27-26-22(30-17-31-27)8-3-9-24(26)36-16-20-6-4-12-33(20)25(35)15-34/h2-3,5,7-11,13-14,17-18,20,34H,4,6,12,15-16H2,1H3,(H,30,31,32)/t18?,20-/m0/s1. The Morgan fingerprint density at radius 2 is 2.08 bits per heavy atom. The Labute approximate surface area is 214 Å². The van der Waals surface area contributed by atoms with E-state index < -0.39 is 6.61 Å². The number of benzene rings is 2. The number of carbonyl (C=O) groups is 1. The molecule has 0 radical (unpaired) electrons. The predicted octanol–water partition coefficient (Wildman–Crippen LogP) is 3.67. The van der Waals surface area contributed by atoms with Crippen molar-refractivity contribution >= 4 is 28.3 Å². The summed E-state index contributed by atoms with van der Waals surface area (Å²) >= 11 is 0. The van der Waals surface area contributed by atoms with Gasteiger partial charge in [-0.25, -0.2) is 9.97 Å². The highest BCUT2D eigenvalue weighted by molar-refractivity contribution is 5.95. The van der Waals surface area contributed by atoms with Crippen LogP contribution in [0.15, 0.2) is 67.4 Å². The number of aliphatic hydroxyl groups excluding tert-OH is 1. The van der Waals surface area contributed by atoms with E-state index in [0.29, 0.717) is 30.5 Å². The number of aliphatic hydroxyl groups is 1. The van der Waals surface area contributed by atoms with Crippen molar-refractivity contribution in [1.82, 2.24) is 24.8 Å². The average Bonchev–Trinajstić information content (AvgIpc) is 3.41. The smallest absolute Gasteiger partial charge is 0.248 e. The lowest BCUT2D eigenvalue weighted by Crippen LogP contribution is -2.40. The molecule has 1 aliphatic rings. The first-order valence-corrected chi connectivity index (χ1v) is 12.2. The SMILES string of the molecule is CC(Oc1cccc(Nc2ncnc3cccc(OC[C@@H]4CCCN4C(=O)CO)c23)c1)c1cnccn1. The van der Waals surface area contributed by atoms with Crippen molar-refractivity contribution in [3.05, 3.63) is 73.1 Å². The van der Waals surface area contributed by atoms with Crippen LogP contribution < -0.4 is 14.8 Å². The fourth-order valence-corrected chi connectivity index (χ4v) is 4.48. The van der Waals surface area contributed by atoms with Gasteiger partial charge in [-0.1, -0.05) is 12.1 Å². The second kappa shape index (κ2) is 11.2. The maximum absolute atomic E-state index is 12.1. The number of hydrogen-bond acceptors (Lipinski definition) is 9. The topological polar surface area (TPSA) is 123 Å². The average molecular weight is 501 g/mol. The number of aromatic nitrogens is 4. The molecule has 0 saturated carbocycles. The van der Waals surface area contributed by atoms with E-state index in [0.717, 1.165) is 35.1 Å². The van der Waals surface area contributed by atoms with Gasteiger partial charge in [0.05, 0.1) is 28.8 Å². The minimum atomic E-state index is -0.493. The molecule has 2 atom stereocenters. The molecule has 190 valence electrons. The number of hydrogen-bond donors (Lipinski definition) is 2. The lowest BCUT2D eigenvalue weighted by molar-refractivity contribution is -0.135. The van der Waals surface area contributed by atoms with Crippen molar-refractivity contribution in [3.63, 3.8) is 0 Å². The number of likely N-dealkylation sites (tertiary alicyclic amines) is 1. The molecule has 2 N–H and O–H groups in total. The molecule has 1 fully saturated rings. The molecular weight excluding hydrogens is 472 g/mol. The number of fused-ring (bicyclic) bond motifs is 1. The molecule has 3 heterocycles. The zero-order valence-electron chi connectivity index (χ0n) is 20.4. The van der Waals surface area contributed by atoms with Gasteiger partial charge in [0.25, 0.3) is 0 Å². The number of anilines is 2. The van der Waals surface area contributed by atoms with Crippen molar-refractivity contribution in [1.29, 1.82) is 0 Å². The summed E-state index contributed by atoms with van der Waals surface area (Å²) in [5.41, 5.74) is 2.26. The van der Waals surface area contributed by atoms with Crippen molar-refractivity contribution in [2.75, 3.05) is 25.1 Å². The summed E-state index contributed by atoms with van der Waals surface area (Å²) in [5.74, 6) is 1.61. The van der Waals surface area contributed by atoms with Gasteiger partial charge in [0.15, 0.2) is 0 Å². The summed E-state index contributed by atoms with van der Waals surface area (Å²) < 4.78 is 12.3. The number of carbonyl (C=O) groups excluding carboxylic acids is 1. The molecule has 0 bridgehead atoms. The fourth-order valence-electron chi connectivity index (χ4n) is 4.48. The summed E-state index contributed by atoms with van der Waals surface area (Å²) in [6, 6.07) is 13.2. The van der Waals surface area contributed by atoms with Crippen LogP contribution >= 0.6 is 0 Å².